The van der Waals surface area contributed by atoms with Crippen molar-refractivity contribution in [3.05, 3.63) is 11.8 Å². The fourth-order valence-corrected chi connectivity index (χ4v) is 2.49. The molecule has 1 unspecified atom stereocenters. The third kappa shape index (κ3) is 4.26. The molecule has 0 saturated carbocycles. The normalized spacial score (nSPS) is 21.0. The minimum absolute atomic E-state index is 0.270. The van der Waals surface area contributed by atoms with Crippen LogP contribution in [-0.2, 0) is 13.9 Å². The SMILES string of the molecule is COC(=O)OC1CCCC=C1O[Si](C)(C)C. The van der Waals surface area contributed by atoms with E-state index in [0.717, 1.165) is 25.0 Å². The van der Waals surface area contributed by atoms with Gasteiger partial charge in [0.1, 0.15) is 5.76 Å². The molecular formula is C11H20O4Si. The summed E-state index contributed by atoms with van der Waals surface area (Å²) in [7, 11) is -0.335. The predicted octanol–water partition coefficient (Wildman–Crippen LogP) is 3.06. The van der Waals surface area contributed by atoms with Crippen molar-refractivity contribution in [2.75, 3.05) is 7.11 Å². The first-order valence-corrected chi connectivity index (χ1v) is 8.97. The van der Waals surface area contributed by atoms with Crippen LogP contribution in [0.25, 0.3) is 0 Å². The zero-order valence-electron chi connectivity index (χ0n) is 10.4. The lowest BCUT2D eigenvalue weighted by atomic mass is 10.0. The van der Waals surface area contributed by atoms with Crippen molar-refractivity contribution in [2.45, 2.75) is 45.0 Å². The molecule has 1 aliphatic rings. The Balaban J connectivity index is 2.63. The highest BCUT2D eigenvalue weighted by Crippen LogP contribution is 2.25. The zero-order valence-corrected chi connectivity index (χ0v) is 11.4. The Labute approximate surface area is 97.7 Å². The molecule has 16 heavy (non-hydrogen) atoms. The van der Waals surface area contributed by atoms with Crippen molar-refractivity contribution >= 4 is 14.5 Å². The van der Waals surface area contributed by atoms with Crippen molar-refractivity contribution < 1.29 is 18.7 Å². The van der Waals surface area contributed by atoms with Gasteiger partial charge in [-0.1, -0.05) is 0 Å². The van der Waals surface area contributed by atoms with Gasteiger partial charge in [0.25, 0.3) is 0 Å². The first kappa shape index (κ1) is 13.1. The van der Waals surface area contributed by atoms with Gasteiger partial charge in [-0.3, -0.25) is 0 Å². The molecule has 0 aromatic heterocycles. The average molecular weight is 244 g/mol. The second-order valence-corrected chi connectivity index (χ2v) is 9.24. The predicted molar refractivity (Wildman–Crippen MR) is 63.6 cm³/mol. The van der Waals surface area contributed by atoms with Crippen LogP contribution >= 0.6 is 0 Å². The van der Waals surface area contributed by atoms with E-state index in [9.17, 15) is 4.79 Å². The van der Waals surface area contributed by atoms with Gasteiger partial charge in [0.2, 0.25) is 8.32 Å². The highest BCUT2D eigenvalue weighted by molar-refractivity contribution is 6.70. The number of methoxy groups -OCH3 is 1. The van der Waals surface area contributed by atoms with E-state index in [1.54, 1.807) is 0 Å². The summed E-state index contributed by atoms with van der Waals surface area (Å²) >= 11 is 0. The second kappa shape index (κ2) is 5.38. The van der Waals surface area contributed by atoms with E-state index in [1.165, 1.54) is 7.11 Å². The van der Waals surface area contributed by atoms with Crippen LogP contribution in [0.5, 0.6) is 0 Å². The molecule has 0 fully saturated rings. The summed E-state index contributed by atoms with van der Waals surface area (Å²) in [6, 6.07) is 0. The lowest BCUT2D eigenvalue weighted by Crippen LogP contribution is -2.32. The Hall–Kier alpha value is -0.973. The first-order valence-electron chi connectivity index (χ1n) is 5.56. The van der Waals surface area contributed by atoms with Gasteiger partial charge in [-0.15, -0.1) is 0 Å². The topological polar surface area (TPSA) is 44.8 Å². The van der Waals surface area contributed by atoms with Crippen molar-refractivity contribution in [2.24, 2.45) is 0 Å². The van der Waals surface area contributed by atoms with E-state index >= 15 is 0 Å². The molecule has 92 valence electrons. The number of allylic oxidation sites excluding steroid dienone is 1. The standard InChI is InChI=1S/C11H20O4Si/c1-13-11(12)14-9-7-5-6-8-10(9)15-16(2,3)4/h8-9H,5-7H2,1-4H3. The van der Waals surface area contributed by atoms with Crippen LogP contribution in [0.4, 0.5) is 4.79 Å². The van der Waals surface area contributed by atoms with Crippen LogP contribution in [0.3, 0.4) is 0 Å². The molecule has 4 nitrogen and oxygen atoms in total. The van der Waals surface area contributed by atoms with Gasteiger partial charge in [0, 0.05) is 0 Å². The number of hydrogen-bond donors (Lipinski definition) is 0. The Morgan fingerprint density at radius 3 is 2.69 bits per heavy atom. The number of hydrogen-bond acceptors (Lipinski definition) is 4. The van der Waals surface area contributed by atoms with E-state index in [0.29, 0.717) is 0 Å². The molecule has 0 spiro atoms. The number of ether oxygens (including phenoxy) is 2. The summed E-state index contributed by atoms with van der Waals surface area (Å²) in [4.78, 5) is 11.1. The fourth-order valence-electron chi connectivity index (χ4n) is 1.56. The van der Waals surface area contributed by atoms with E-state index in [1.807, 2.05) is 6.08 Å². The van der Waals surface area contributed by atoms with Crippen LogP contribution < -0.4 is 0 Å². The molecule has 0 aromatic carbocycles. The molecule has 1 aliphatic carbocycles. The van der Waals surface area contributed by atoms with Gasteiger partial charge in [0.05, 0.1) is 7.11 Å². The lowest BCUT2D eigenvalue weighted by molar-refractivity contribution is 0.0305. The van der Waals surface area contributed by atoms with Gasteiger partial charge < -0.3 is 13.9 Å². The lowest BCUT2D eigenvalue weighted by Gasteiger charge is -2.29. The molecule has 0 aromatic rings. The molecule has 0 bridgehead atoms. The molecule has 0 N–H and O–H groups in total. The van der Waals surface area contributed by atoms with E-state index in [2.05, 4.69) is 24.4 Å². The first-order chi connectivity index (χ1) is 7.42. The smallest absolute Gasteiger partial charge is 0.508 e. The van der Waals surface area contributed by atoms with Gasteiger partial charge in [-0.25, -0.2) is 4.79 Å². The largest absolute Gasteiger partial charge is 0.545 e. The summed E-state index contributed by atoms with van der Waals surface area (Å²) < 4.78 is 15.6. The highest BCUT2D eigenvalue weighted by Gasteiger charge is 2.27. The molecule has 0 heterocycles. The van der Waals surface area contributed by atoms with Crippen LogP contribution in [0.1, 0.15) is 19.3 Å². The van der Waals surface area contributed by atoms with Gasteiger partial charge in [-0.05, 0) is 45.0 Å². The van der Waals surface area contributed by atoms with Crippen LogP contribution in [0.15, 0.2) is 11.8 Å². The molecule has 0 aliphatic heterocycles. The van der Waals surface area contributed by atoms with E-state index in [4.69, 9.17) is 9.16 Å². The molecule has 5 heteroatoms. The van der Waals surface area contributed by atoms with Gasteiger partial charge >= 0.3 is 6.16 Å². The Bertz CT molecular complexity index is 280. The highest BCUT2D eigenvalue weighted by atomic mass is 28.4. The average Bonchev–Trinajstić information content (AvgIpc) is 2.18. The molecule has 0 radical (unpaired) electrons. The third-order valence-corrected chi connectivity index (χ3v) is 3.01. The summed E-state index contributed by atoms with van der Waals surface area (Å²) in [6.45, 7) is 6.33. The summed E-state index contributed by atoms with van der Waals surface area (Å²) in [5.74, 6) is 0.802. The Kier molecular flexibility index (Phi) is 4.41. The number of carbonyl (C=O) groups excluding carboxylic acids is 1. The maximum Gasteiger partial charge on any atom is 0.508 e. The van der Waals surface area contributed by atoms with Gasteiger partial charge in [-0.2, -0.15) is 0 Å². The minimum Gasteiger partial charge on any atom is -0.545 e. The Morgan fingerprint density at radius 2 is 2.12 bits per heavy atom. The van der Waals surface area contributed by atoms with Crippen LogP contribution in [0.2, 0.25) is 19.6 Å². The Morgan fingerprint density at radius 1 is 1.44 bits per heavy atom. The van der Waals surface area contributed by atoms with Gasteiger partial charge in [0.15, 0.2) is 6.10 Å². The zero-order chi connectivity index (χ0) is 12.2. The maximum atomic E-state index is 11.1. The van der Waals surface area contributed by atoms with Crippen molar-refractivity contribution in [3.8, 4) is 0 Å². The fraction of sp³-hybridized carbons (Fsp3) is 0.727. The third-order valence-electron chi connectivity index (χ3n) is 2.16. The summed E-state index contributed by atoms with van der Waals surface area (Å²) in [5.41, 5.74) is 0. The van der Waals surface area contributed by atoms with Crippen LogP contribution in [0, 0.1) is 0 Å². The quantitative estimate of drug-likeness (QED) is 0.565. The van der Waals surface area contributed by atoms with Crippen molar-refractivity contribution in [1.82, 2.24) is 0 Å². The van der Waals surface area contributed by atoms with Crippen molar-refractivity contribution in [3.63, 3.8) is 0 Å². The molecule has 1 rings (SSSR count). The summed E-state index contributed by atoms with van der Waals surface area (Å²) in [5, 5.41) is 0. The molecule has 1 atom stereocenters. The summed E-state index contributed by atoms with van der Waals surface area (Å²) in [6.07, 6.45) is 3.92. The molecule has 0 saturated heterocycles. The minimum atomic E-state index is -1.65. The molecular weight excluding hydrogens is 224 g/mol. The number of carbonyl (C=O) groups is 1. The monoisotopic (exact) mass is 244 g/mol. The number of rotatable bonds is 3. The van der Waals surface area contributed by atoms with Crippen LogP contribution in [-0.4, -0.2) is 27.7 Å². The molecule has 0 amide bonds. The second-order valence-electron chi connectivity index (χ2n) is 4.81. The van der Waals surface area contributed by atoms with E-state index in [-0.39, 0.29) is 6.10 Å². The van der Waals surface area contributed by atoms with E-state index < -0.39 is 14.5 Å². The van der Waals surface area contributed by atoms with Crippen molar-refractivity contribution in [1.29, 1.82) is 0 Å². The maximum absolute atomic E-state index is 11.1.